The van der Waals surface area contributed by atoms with Gasteiger partial charge in [0.2, 0.25) is 0 Å². The van der Waals surface area contributed by atoms with E-state index in [0.717, 1.165) is 12.1 Å². The zero-order chi connectivity index (χ0) is 15.9. The molecule has 0 aromatic heterocycles. The van der Waals surface area contributed by atoms with Crippen molar-refractivity contribution in [3.63, 3.8) is 0 Å². The first kappa shape index (κ1) is 14.1. The molecular weight excluding hydrogens is 294 g/mol. The largest absolute Gasteiger partial charge is 0.302 e. The Hall–Kier alpha value is -2.83. The van der Waals surface area contributed by atoms with Crippen LogP contribution in [0.15, 0.2) is 36.4 Å². The van der Waals surface area contributed by atoms with Crippen molar-refractivity contribution in [2.75, 3.05) is 11.4 Å². The van der Waals surface area contributed by atoms with E-state index in [2.05, 4.69) is 0 Å². The number of rotatable bonds is 2. The summed E-state index contributed by atoms with van der Waals surface area (Å²) < 4.78 is 26.7. The minimum absolute atomic E-state index is 0.182. The van der Waals surface area contributed by atoms with Crippen molar-refractivity contribution in [2.45, 2.75) is 6.42 Å². The molecule has 1 aliphatic heterocycles. The summed E-state index contributed by atoms with van der Waals surface area (Å²) in [5.41, 5.74) is 0.324. The number of anilines is 1. The molecule has 0 aliphatic carbocycles. The van der Waals surface area contributed by atoms with Gasteiger partial charge in [-0.3, -0.25) is 14.9 Å². The molecule has 112 valence electrons. The smallest absolute Gasteiger partial charge is 0.293 e. The Morgan fingerprint density at radius 1 is 1.23 bits per heavy atom. The molecule has 1 amide bonds. The molecule has 0 radical (unpaired) electrons. The Balaban J connectivity index is 2.06. The van der Waals surface area contributed by atoms with Gasteiger partial charge in [-0.2, -0.15) is 0 Å². The van der Waals surface area contributed by atoms with Crippen LogP contribution < -0.4 is 4.90 Å². The second kappa shape index (κ2) is 5.18. The molecule has 5 nitrogen and oxygen atoms in total. The molecule has 2 aromatic rings. The highest BCUT2D eigenvalue weighted by Crippen LogP contribution is 2.37. The van der Waals surface area contributed by atoms with E-state index >= 15 is 0 Å². The number of hydrogen-bond donors (Lipinski definition) is 0. The van der Waals surface area contributed by atoms with Gasteiger partial charge in [-0.15, -0.1) is 0 Å². The van der Waals surface area contributed by atoms with Crippen LogP contribution in [0.5, 0.6) is 0 Å². The Morgan fingerprint density at radius 3 is 2.68 bits per heavy atom. The van der Waals surface area contributed by atoms with Crippen molar-refractivity contribution < 1.29 is 18.5 Å². The van der Waals surface area contributed by atoms with Crippen LogP contribution in [0, 0.1) is 21.7 Å². The molecule has 3 rings (SSSR count). The Kier molecular flexibility index (Phi) is 3.32. The van der Waals surface area contributed by atoms with E-state index in [9.17, 15) is 23.7 Å². The Morgan fingerprint density at radius 2 is 2.00 bits per heavy atom. The van der Waals surface area contributed by atoms with Crippen molar-refractivity contribution in [3.8, 4) is 0 Å². The van der Waals surface area contributed by atoms with Gasteiger partial charge in [-0.1, -0.05) is 12.1 Å². The van der Waals surface area contributed by atoms with Crippen LogP contribution in [-0.4, -0.2) is 17.4 Å². The Bertz CT molecular complexity index is 792. The van der Waals surface area contributed by atoms with Gasteiger partial charge in [0.1, 0.15) is 17.3 Å². The number of hydrogen-bond acceptors (Lipinski definition) is 3. The molecule has 0 saturated heterocycles. The van der Waals surface area contributed by atoms with E-state index in [1.54, 1.807) is 12.1 Å². The third kappa shape index (κ3) is 2.20. The maximum absolute atomic E-state index is 13.8. The second-order valence-corrected chi connectivity index (χ2v) is 4.87. The van der Waals surface area contributed by atoms with Gasteiger partial charge in [0.15, 0.2) is 0 Å². The Labute approximate surface area is 123 Å². The number of nitro benzene ring substituents is 1. The highest BCUT2D eigenvalue weighted by Gasteiger charge is 2.33. The van der Waals surface area contributed by atoms with Gasteiger partial charge in [0, 0.05) is 18.7 Å². The first-order chi connectivity index (χ1) is 10.5. The van der Waals surface area contributed by atoms with Gasteiger partial charge in [-0.25, -0.2) is 8.78 Å². The third-order valence-corrected chi connectivity index (χ3v) is 3.58. The first-order valence-electron chi connectivity index (χ1n) is 6.52. The summed E-state index contributed by atoms with van der Waals surface area (Å²) in [5, 5.41) is 11.1. The fourth-order valence-corrected chi connectivity index (χ4v) is 2.59. The molecular formula is C15H10F2N2O3. The van der Waals surface area contributed by atoms with Crippen LogP contribution in [-0.2, 0) is 6.42 Å². The molecule has 0 fully saturated rings. The summed E-state index contributed by atoms with van der Waals surface area (Å²) >= 11 is 0. The lowest BCUT2D eigenvalue weighted by atomic mass is 10.1. The summed E-state index contributed by atoms with van der Waals surface area (Å²) in [6, 6.07) is 7.17. The fourth-order valence-electron chi connectivity index (χ4n) is 2.59. The van der Waals surface area contributed by atoms with E-state index in [4.69, 9.17) is 0 Å². The average Bonchev–Trinajstić information content (AvgIpc) is 2.90. The van der Waals surface area contributed by atoms with E-state index < -0.39 is 22.5 Å². The van der Waals surface area contributed by atoms with E-state index in [-0.39, 0.29) is 23.5 Å². The number of benzene rings is 2. The number of fused-ring (bicyclic) bond motifs is 1. The number of halogens is 2. The minimum atomic E-state index is -0.989. The predicted molar refractivity (Wildman–Crippen MR) is 74.8 cm³/mol. The zero-order valence-corrected chi connectivity index (χ0v) is 11.3. The van der Waals surface area contributed by atoms with E-state index in [0.29, 0.717) is 18.1 Å². The van der Waals surface area contributed by atoms with E-state index in [1.165, 1.54) is 11.0 Å². The van der Waals surface area contributed by atoms with Gasteiger partial charge >= 0.3 is 0 Å². The highest BCUT2D eigenvalue weighted by molar-refractivity contribution is 6.08. The van der Waals surface area contributed by atoms with Gasteiger partial charge in [-0.05, 0) is 24.1 Å². The lowest BCUT2D eigenvalue weighted by molar-refractivity contribution is -0.384. The molecule has 0 atom stereocenters. The molecule has 22 heavy (non-hydrogen) atoms. The summed E-state index contributed by atoms with van der Waals surface area (Å²) in [6.07, 6.45) is 0.450. The van der Waals surface area contributed by atoms with Gasteiger partial charge in [0.05, 0.1) is 10.5 Å². The van der Waals surface area contributed by atoms with Crippen LogP contribution in [0.25, 0.3) is 0 Å². The van der Waals surface area contributed by atoms with Crippen molar-refractivity contribution in [1.29, 1.82) is 0 Å². The van der Waals surface area contributed by atoms with Gasteiger partial charge in [0.25, 0.3) is 11.6 Å². The molecule has 1 aliphatic rings. The normalized spacial score (nSPS) is 13.1. The molecule has 1 heterocycles. The number of carbonyl (C=O) groups excluding carboxylic acids is 1. The van der Waals surface area contributed by atoms with Crippen molar-refractivity contribution in [2.24, 2.45) is 0 Å². The highest BCUT2D eigenvalue weighted by atomic mass is 19.1. The molecule has 0 N–H and O–H groups in total. The lowest BCUT2D eigenvalue weighted by Crippen LogP contribution is -2.30. The number of carbonyl (C=O) groups is 1. The summed E-state index contributed by atoms with van der Waals surface area (Å²) in [7, 11) is 0. The average molecular weight is 304 g/mol. The van der Waals surface area contributed by atoms with Crippen LogP contribution >= 0.6 is 0 Å². The molecule has 0 spiro atoms. The zero-order valence-electron chi connectivity index (χ0n) is 11.3. The van der Waals surface area contributed by atoms with Crippen LogP contribution in [0.4, 0.5) is 20.2 Å². The summed E-state index contributed by atoms with van der Waals surface area (Å²) in [6.45, 7) is 0.218. The SMILES string of the molecule is O=C(c1ccc(F)cc1F)N1CCc2cccc([N+](=O)[O-])c21. The number of nitro groups is 1. The molecule has 0 saturated carbocycles. The maximum atomic E-state index is 13.8. The monoisotopic (exact) mass is 304 g/mol. The maximum Gasteiger partial charge on any atom is 0.293 e. The topological polar surface area (TPSA) is 63.5 Å². The van der Waals surface area contributed by atoms with Crippen LogP contribution in [0.1, 0.15) is 15.9 Å². The number of nitrogens with zero attached hydrogens (tertiary/aromatic N) is 2. The second-order valence-electron chi connectivity index (χ2n) is 4.87. The minimum Gasteiger partial charge on any atom is -0.302 e. The van der Waals surface area contributed by atoms with Crippen LogP contribution in [0.3, 0.4) is 0 Å². The standard InChI is InChI=1S/C15H10F2N2O3/c16-10-4-5-11(12(17)8-10)15(20)18-7-6-9-2-1-3-13(14(9)18)19(21)22/h1-5,8H,6-7H2. The summed E-state index contributed by atoms with van der Waals surface area (Å²) in [4.78, 5) is 24.2. The number of amides is 1. The predicted octanol–water partition coefficient (Wildman–Crippen LogP) is 3.08. The van der Waals surface area contributed by atoms with Crippen molar-refractivity contribution in [1.82, 2.24) is 0 Å². The van der Waals surface area contributed by atoms with E-state index in [1.807, 2.05) is 0 Å². The number of para-hydroxylation sites is 1. The summed E-state index contributed by atoms with van der Waals surface area (Å²) in [5.74, 6) is -2.50. The third-order valence-electron chi connectivity index (χ3n) is 3.58. The lowest BCUT2D eigenvalue weighted by Gasteiger charge is -2.17. The van der Waals surface area contributed by atoms with Gasteiger partial charge < -0.3 is 4.90 Å². The molecule has 7 heteroatoms. The molecule has 0 unspecified atom stereocenters. The molecule has 0 bridgehead atoms. The van der Waals surface area contributed by atoms with Crippen molar-refractivity contribution >= 4 is 17.3 Å². The first-order valence-corrected chi connectivity index (χ1v) is 6.52. The fraction of sp³-hybridized carbons (Fsp3) is 0.133. The van der Waals surface area contributed by atoms with Crippen molar-refractivity contribution in [3.05, 3.63) is 69.3 Å². The molecule has 2 aromatic carbocycles. The van der Waals surface area contributed by atoms with Crippen LogP contribution in [0.2, 0.25) is 0 Å². The quantitative estimate of drug-likeness (QED) is 0.632.